The molecule has 1 aliphatic heterocycles. The van der Waals surface area contributed by atoms with E-state index in [9.17, 15) is 8.42 Å². The van der Waals surface area contributed by atoms with Crippen molar-refractivity contribution in [2.75, 3.05) is 36.0 Å². The van der Waals surface area contributed by atoms with E-state index in [1.807, 2.05) is 30.3 Å². The van der Waals surface area contributed by atoms with Gasteiger partial charge in [0.15, 0.2) is 0 Å². The number of para-hydroxylation sites is 1. The third-order valence-electron chi connectivity index (χ3n) is 5.01. The normalized spacial score (nSPS) is 14.8. The lowest BCUT2D eigenvalue weighted by Gasteiger charge is -2.37. The van der Waals surface area contributed by atoms with Crippen molar-refractivity contribution < 1.29 is 8.42 Å². The average Bonchev–Trinajstić information content (AvgIpc) is 2.74. The SMILES string of the molecule is NS(=O)(=O)c1ccccc1N1CCN(c2ccnc(Cc3ccccc3)n2)CC1. The summed E-state index contributed by atoms with van der Waals surface area (Å²) in [7, 11) is -3.76. The predicted molar refractivity (Wildman–Crippen MR) is 114 cm³/mol. The molecule has 0 aliphatic carbocycles. The van der Waals surface area contributed by atoms with Crippen LogP contribution in [0.15, 0.2) is 71.8 Å². The third kappa shape index (κ3) is 4.55. The maximum Gasteiger partial charge on any atom is 0.240 e. The number of rotatable bonds is 5. The van der Waals surface area contributed by atoms with Gasteiger partial charge >= 0.3 is 0 Å². The van der Waals surface area contributed by atoms with Gasteiger partial charge in [-0.15, -0.1) is 0 Å². The van der Waals surface area contributed by atoms with Crippen LogP contribution in [0.5, 0.6) is 0 Å². The van der Waals surface area contributed by atoms with Gasteiger partial charge < -0.3 is 9.80 Å². The van der Waals surface area contributed by atoms with Crippen molar-refractivity contribution in [1.82, 2.24) is 9.97 Å². The number of sulfonamides is 1. The summed E-state index contributed by atoms with van der Waals surface area (Å²) < 4.78 is 23.8. The van der Waals surface area contributed by atoms with E-state index >= 15 is 0 Å². The first kappa shape index (κ1) is 19.4. The van der Waals surface area contributed by atoms with Crippen LogP contribution in [0, 0.1) is 0 Å². The fourth-order valence-corrected chi connectivity index (χ4v) is 4.32. The first-order valence-electron chi connectivity index (χ1n) is 9.48. The van der Waals surface area contributed by atoms with Crippen LogP contribution in [-0.4, -0.2) is 44.6 Å². The van der Waals surface area contributed by atoms with E-state index in [1.54, 1.807) is 24.4 Å². The van der Waals surface area contributed by atoms with Gasteiger partial charge in [-0.1, -0.05) is 42.5 Å². The average molecular weight is 410 g/mol. The molecule has 4 rings (SSSR count). The lowest BCUT2D eigenvalue weighted by molar-refractivity contribution is 0.595. The standard InChI is InChI=1S/C21H23N5O2S/c22-29(27,28)19-9-5-4-8-18(19)25-12-14-26(15-13-25)21-10-11-23-20(24-21)16-17-6-2-1-3-7-17/h1-11H,12-16H2,(H2,22,27,28). The number of hydrogen-bond acceptors (Lipinski definition) is 6. The van der Waals surface area contributed by atoms with Crippen molar-refractivity contribution in [1.29, 1.82) is 0 Å². The lowest BCUT2D eigenvalue weighted by Crippen LogP contribution is -2.47. The van der Waals surface area contributed by atoms with Crippen LogP contribution in [-0.2, 0) is 16.4 Å². The number of aromatic nitrogens is 2. The Morgan fingerprint density at radius 2 is 1.52 bits per heavy atom. The fourth-order valence-electron chi connectivity index (χ4n) is 3.56. The highest BCUT2D eigenvalue weighted by atomic mass is 32.2. The number of nitrogens with zero attached hydrogens (tertiary/aromatic N) is 4. The smallest absolute Gasteiger partial charge is 0.240 e. The Balaban J connectivity index is 1.46. The summed E-state index contributed by atoms with van der Waals surface area (Å²) in [5.41, 5.74) is 1.83. The minimum atomic E-state index is -3.76. The van der Waals surface area contributed by atoms with Gasteiger partial charge in [-0.3, -0.25) is 0 Å². The van der Waals surface area contributed by atoms with Crippen molar-refractivity contribution in [2.24, 2.45) is 5.14 Å². The molecule has 0 amide bonds. The number of nitrogens with two attached hydrogens (primary N) is 1. The third-order valence-corrected chi connectivity index (χ3v) is 5.97. The summed E-state index contributed by atoms with van der Waals surface area (Å²) in [6.45, 7) is 2.84. The molecule has 0 bridgehead atoms. The Bertz CT molecular complexity index is 1080. The molecule has 2 aromatic carbocycles. The molecular weight excluding hydrogens is 386 g/mol. The van der Waals surface area contributed by atoms with Crippen molar-refractivity contribution >= 4 is 21.5 Å². The van der Waals surface area contributed by atoms with E-state index in [4.69, 9.17) is 10.1 Å². The topological polar surface area (TPSA) is 92.4 Å². The summed E-state index contributed by atoms with van der Waals surface area (Å²) >= 11 is 0. The highest BCUT2D eigenvalue weighted by Gasteiger charge is 2.23. The molecule has 7 nitrogen and oxygen atoms in total. The second-order valence-corrected chi connectivity index (χ2v) is 8.51. The zero-order valence-corrected chi connectivity index (χ0v) is 16.8. The molecular formula is C21H23N5O2S. The molecule has 1 fully saturated rings. The summed E-state index contributed by atoms with van der Waals surface area (Å²) in [6.07, 6.45) is 2.49. The summed E-state index contributed by atoms with van der Waals surface area (Å²) in [5.74, 6) is 1.68. The second kappa shape index (κ2) is 8.18. The first-order valence-corrected chi connectivity index (χ1v) is 11.0. The Labute approximate surface area is 170 Å². The zero-order valence-electron chi connectivity index (χ0n) is 16.0. The van der Waals surface area contributed by atoms with Crippen LogP contribution >= 0.6 is 0 Å². The lowest BCUT2D eigenvalue weighted by atomic mass is 10.1. The van der Waals surface area contributed by atoms with Crippen LogP contribution in [0.1, 0.15) is 11.4 Å². The second-order valence-electron chi connectivity index (χ2n) is 6.98. The molecule has 2 N–H and O–H groups in total. The molecule has 8 heteroatoms. The van der Waals surface area contributed by atoms with E-state index < -0.39 is 10.0 Å². The van der Waals surface area contributed by atoms with Gasteiger partial charge in [0.25, 0.3) is 0 Å². The monoisotopic (exact) mass is 409 g/mol. The molecule has 0 saturated carbocycles. The molecule has 2 heterocycles. The Morgan fingerprint density at radius 1 is 0.862 bits per heavy atom. The van der Waals surface area contributed by atoms with Crippen molar-refractivity contribution in [2.45, 2.75) is 11.3 Å². The van der Waals surface area contributed by atoms with E-state index in [0.717, 1.165) is 24.7 Å². The quantitative estimate of drug-likeness (QED) is 0.693. The largest absolute Gasteiger partial charge is 0.367 e. The number of benzene rings is 2. The van der Waals surface area contributed by atoms with Crippen LogP contribution < -0.4 is 14.9 Å². The Morgan fingerprint density at radius 3 is 2.24 bits per heavy atom. The first-order chi connectivity index (χ1) is 14.0. The van der Waals surface area contributed by atoms with E-state index in [2.05, 4.69) is 26.9 Å². The van der Waals surface area contributed by atoms with E-state index in [1.165, 1.54) is 5.56 Å². The van der Waals surface area contributed by atoms with Gasteiger partial charge in [-0.25, -0.2) is 23.5 Å². The molecule has 1 saturated heterocycles. The molecule has 0 unspecified atom stereocenters. The van der Waals surface area contributed by atoms with E-state index in [-0.39, 0.29) is 4.90 Å². The molecule has 1 aliphatic rings. The Kier molecular flexibility index (Phi) is 5.46. The molecule has 3 aromatic rings. The minimum absolute atomic E-state index is 0.167. The highest BCUT2D eigenvalue weighted by molar-refractivity contribution is 7.89. The van der Waals surface area contributed by atoms with Crippen LogP contribution in [0.2, 0.25) is 0 Å². The maximum absolute atomic E-state index is 11.9. The van der Waals surface area contributed by atoms with Crippen molar-refractivity contribution in [3.05, 3.63) is 78.2 Å². The molecule has 0 radical (unpaired) electrons. The summed E-state index contributed by atoms with van der Waals surface area (Å²) in [4.78, 5) is 13.6. The van der Waals surface area contributed by atoms with Gasteiger partial charge in [-0.05, 0) is 23.8 Å². The van der Waals surface area contributed by atoms with Crippen molar-refractivity contribution in [3.63, 3.8) is 0 Å². The van der Waals surface area contributed by atoms with Crippen LogP contribution in [0.4, 0.5) is 11.5 Å². The molecule has 0 spiro atoms. The van der Waals surface area contributed by atoms with Gasteiger partial charge in [0.2, 0.25) is 10.0 Å². The number of anilines is 2. The number of hydrogen-bond donors (Lipinski definition) is 1. The van der Waals surface area contributed by atoms with Crippen molar-refractivity contribution in [3.8, 4) is 0 Å². The minimum Gasteiger partial charge on any atom is -0.367 e. The van der Waals surface area contributed by atoms with Gasteiger partial charge in [-0.2, -0.15) is 0 Å². The van der Waals surface area contributed by atoms with Gasteiger partial charge in [0, 0.05) is 38.8 Å². The van der Waals surface area contributed by atoms with E-state index in [0.29, 0.717) is 25.2 Å². The molecule has 29 heavy (non-hydrogen) atoms. The summed E-state index contributed by atoms with van der Waals surface area (Å²) in [6, 6.07) is 18.9. The highest BCUT2D eigenvalue weighted by Crippen LogP contribution is 2.26. The van der Waals surface area contributed by atoms with Gasteiger partial charge in [0.1, 0.15) is 16.5 Å². The molecule has 0 atom stereocenters. The predicted octanol–water partition coefficient (Wildman–Crippen LogP) is 2.04. The number of primary sulfonamides is 1. The fraction of sp³-hybridized carbons (Fsp3) is 0.238. The van der Waals surface area contributed by atoms with Crippen LogP contribution in [0.3, 0.4) is 0 Å². The summed E-state index contributed by atoms with van der Waals surface area (Å²) in [5, 5.41) is 5.38. The molecule has 1 aromatic heterocycles. The van der Waals surface area contributed by atoms with Crippen LogP contribution in [0.25, 0.3) is 0 Å². The maximum atomic E-state index is 11.9. The Hall–Kier alpha value is -2.97. The zero-order chi connectivity index (χ0) is 20.3. The number of piperazine rings is 1. The molecule has 150 valence electrons. The van der Waals surface area contributed by atoms with Gasteiger partial charge in [0.05, 0.1) is 5.69 Å².